The molecule has 1 aliphatic rings. The fourth-order valence-corrected chi connectivity index (χ4v) is 4.61. The molecule has 8 nitrogen and oxygen atoms in total. The van der Waals surface area contributed by atoms with Crippen LogP contribution in [0.5, 0.6) is 11.5 Å². The van der Waals surface area contributed by atoms with Crippen LogP contribution in [0.2, 0.25) is 0 Å². The van der Waals surface area contributed by atoms with E-state index in [9.17, 15) is 14.0 Å². The van der Waals surface area contributed by atoms with Gasteiger partial charge in [-0.05, 0) is 99.0 Å². The van der Waals surface area contributed by atoms with E-state index < -0.39 is 17.1 Å². The lowest BCUT2D eigenvalue weighted by atomic mass is 10.0. The summed E-state index contributed by atoms with van der Waals surface area (Å²) in [7, 11) is 0. The molecule has 2 amide bonds. The number of anilines is 2. The summed E-state index contributed by atoms with van der Waals surface area (Å²) in [4.78, 5) is 30.3. The predicted molar refractivity (Wildman–Crippen MR) is 155 cm³/mol. The summed E-state index contributed by atoms with van der Waals surface area (Å²) in [6.07, 6.45) is 6.48. The van der Waals surface area contributed by atoms with Gasteiger partial charge < -0.3 is 15.4 Å². The number of amides is 2. The Morgan fingerprint density at radius 1 is 0.902 bits per heavy atom. The molecule has 9 heteroatoms. The number of fused-ring (bicyclic) bond motifs is 1. The first-order chi connectivity index (χ1) is 19.8. The summed E-state index contributed by atoms with van der Waals surface area (Å²) in [5, 5.41) is 10.8. The molecule has 0 unspecified atom stereocenters. The van der Waals surface area contributed by atoms with Crippen molar-refractivity contribution in [3.8, 4) is 22.6 Å². The number of aromatic nitrogens is 3. The molecule has 5 aromatic rings. The van der Waals surface area contributed by atoms with Gasteiger partial charge in [-0.15, -0.1) is 0 Å². The van der Waals surface area contributed by atoms with E-state index in [-0.39, 0.29) is 11.9 Å². The zero-order valence-corrected chi connectivity index (χ0v) is 22.6. The number of hydrogen-bond acceptors (Lipinski definition) is 5. The second-order valence-corrected chi connectivity index (χ2v) is 10.5. The average molecular weight is 550 g/mol. The molecule has 0 radical (unpaired) electrons. The molecule has 1 saturated carbocycles. The molecule has 6 rings (SSSR count). The predicted octanol–water partition coefficient (Wildman–Crippen LogP) is 6.97. The molecule has 2 aromatic heterocycles. The largest absolute Gasteiger partial charge is 0.457 e. The van der Waals surface area contributed by atoms with Crippen molar-refractivity contribution in [3.63, 3.8) is 0 Å². The van der Waals surface area contributed by atoms with Crippen LogP contribution in [0.25, 0.3) is 22.0 Å². The summed E-state index contributed by atoms with van der Waals surface area (Å²) < 4.78 is 21.3. The lowest BCUT2D eigenvalue weighted by Crippen LogP contribution is -2.35. The molecule has 3 aromatic carbocycles. The summed E-state index contributed by atoms with van der Waals surface area (Å²) in [6.45, 7) is 4.17. The van der Waals surface area contributed by atoms with Crippen LogP contribution in [-0.2, 0) is 9.59 Å². The number of hydrogen-bond donors (Lipinski definition) is 2. The van der Waals surface area contributed by atoms with Gasteiger partial charge in [0.2, 0.25) is 11.8 Å². The van der Waals surface area contributed by atoms with Crippen LogP contribution in [-0.4, -0.2) is 26.6 Å². The molecule has 0 bridgehead atoms. The van der Waals surface area contributed by atoms with Crippen LogP contribution in [0.15, 0.2) is 91.4 Å². The van der Waals surface area contributed by atoms with E-state index in [1.54, 1.807) is 30.5 Å². The minimum atomic E-state index is -1.13. The van der Waals surface area contributed by atoms with Crippen LogP contribution in [0.4, 0.5) is 15.8 Å². The minimum Gasteiger partial charge on any atom is -0.457 e. The van der Waals surface area contributed by atoms with Gasteiger partial charge in [-0.1, -0.05) is 6.07 Å². The Morgan fingerprint density at radius 2 is 1.56 bits per heavy atom. The number of nitrogens with zero attached hydrogens (tertiary/aromatic N) is 3. The average Bonchev–Trinajstić information content (AvgIpc) is 3.64. The highest BCUT2D eigenvalue weighted by atomic mass is 19.1. The fraction of sp³-hybridized carbons (Fsp3) is 0.188. The van der Waals surface area contributed by atoms with E-state index in [2.05, 4.69) is 34.6 Å². The summed E-state index contributed by atoms with van der Waals surface area (Å²) in [6, 6.07) is 20.5. The van der Waals surface area contributed by atoms with Crippen molar-refractivity contribution in [1.82, 2.24) is 14.8 Å². The van der Waals surface area contributed by atoms with Gasteiger partial charge in [0.1, 0.15) is 22.7 Å². The normalized spacial score (nSPS) is 13.7. The zero-order chi connectivity index (χ0) is 28.6. The SMILES string of the molecule is CC(C)n1cc(-c2ccc3c(Oc4ccc(NC(=O)C5(C(=O)Nc6ccc(F)cc6)CC5)cc4)ccnc3c2)cn1. The van der Waals surface area contributed by atoms with Crippen molar-refractivity contribution in [2.75, 3.05) is 10.6 Å². The van der Waals surface area contributed by atoms with Gasteiger partial charge in [0.05, 0.1) is 11.7 Å². The Labute approximate surface area is 236 Å². The second kappa shape index (κ2) is 10.5. The number of carbonyl (C=O) groups is 2. The molecule has 0 saturated heterocycles. The van der Waals surface area contributed by atoms with Crippen LogP contribution < -0.4 is 15.4 Å². The second-order valence-electron chi connectivity index (χ2n) is 10.5. The first kappa shape index (κ1) is 26.2. The molecule has 0 aliphatic heterocycles. The molecule has 0 spiro atoms. The quantitative estimate of drug-likeness (QED) is 0.204. The monoisotopic (exact) mass is 549 g/mol. The summed E-state index contributed by atoms with van der Waals surface area (Å²) in [5.41, 5.74) is 2.70. The summed E-state index contributed by atoms with van der Waals surface area (Å²) in [5.74, 6) is 0.0776. The zero-order valence-electron chi connectivity index (χ0n) is 22.6. The first-order valence-corrected chi connectivity index (χ1v) is 13.4. The Kier molecular flexibility index (Phi) is 6.70. The highest BCUT2D eigenvalue weighted by Crippen LogP contribution is 2.47. The molecule has 2 heterocycles. The number of halogens is 1. The molecular formula is C32H28FN5O3. The van der Waals surface area contributed by atoms with E-state index in [4.69, 9.17) is 4.74 Å². The Bertz CT molecular complexity index is 1740. The summed E-state index contributed by atoms with van der Waals surface area (Å²) >= 11 is 0. The molecular weight excluding hydrogens is 521 g/mol. The minimum absolute atomic E-state index is 0.282. The third-order valence-corrected chi connectivity index (χ3v) is 7.23. The lowest BCUT2D eigenvalue weighted by molar-refractivity contribution is -0.131. The number of nitrogens with one attached hydrogen (secondary N) is 2. The fourth-order valence-electron chi connectivity index (χ4n) is 4.61. The van der Waals surface area contributed by atoms with Crippen LogP contribution >= 0.6 is 0 Å². The Balaban J connectivity index is 1.12. The maximum absolute atomic E-state index is 13.2. The topological polar surface area (TPSA) is 98.1 Å². The number of benzene rings is 3. The van der Waals surface area contributed by atoms with Gasteiger partial charge in [-0.3, -0.25) is 19.3 Å². The molecule has 41 heavy (non-hydrogen) atoms. The molecule has 2 N–H and O–H groups in total. The van der Waals surface area contributed by atoms with E-state index in [0.29, 0.717) is 35.7 Å². The molecule has 206 valence electrons. The van der Waals surface area contributed by atoms with Crippen LogP contribution in [0.3, 0.4) is 0 Å². The maximum Gasteiger partial charge on any atom is 0.240 e. The van der Waals surface area contributed by atoms with Crippen molar-refractivity contribution >= 4 is 34.1 Å². The highest BCUT2D eigenvalue weighted by Gasteiger charge is 2.56. The number of ether oxygens (including phenoxy) is 1. The van der Waals surface area contributed by atoms with Gasteiger partial charge >= 0.3 is 0 Å². The molecule has 1 aliphatic carbocycles. The van der Waals surface area contributed by atoms with Crippen molar-refractivity contribution in [2.45, 2.75) is 32.7 Å². The van der Waals surface area contributed by atoms with E-state index >= 15 is 0 Å². The van der Waals surface area contributed by atoms with Crippen LogP contribution in [0.1, 0.15) is 32.7 Å². The third kappa shape index (κ3) is 5.38. The van der Waals surface area contributed by atoms with Gasteiger partial charge in [-0.25, -0.2) is 4.39 Å². The highest BCUT2D eigenvalue weighted by molar-refractivity contribution is 6.16. The smallest absolute Gasteiger partial charge is 0.240 e. The number of pyridine rings is 1. The van der Waals surface area contributed by atoms with E-state index in [1.165, 1.54) is 24.3 Å². The standard InChI is InChI=1S/C32H28FN5O3/c1-20(2)38-19-22(18-35-38)21-3-12-27-28(17-21)34-16-13-29(27)41-26-10-8-25(9-11-26)37-31(40)32(14-15-32)30(39)36-24-6-4-23(33)5-7-24/h3-13,16-20H,14-15H2,1-2H3,(H,36,39)(H,37,40). The maximum atomic E-state index is 13.2. The number of rotatable bonds is 8. The van der Waals surface area contributed by atoms with Gasteiger partial charge in [0.15, 0.2) is 0 Å². The van der Waals surface area contributed by atoms with Crippen molar-refractivity contribution in [2.24, 2.45) is 5.41 Å². The van der Waals surface area contributed by atoms with Gasteiger partial charge in [0, 0.05) is 40.8 Å². The van der Waals surface area contributed by atoms with Crippen molar-refractivity contribution < 1.29 is 18.7 Å². The molecule has 1 fully saturated rings. The Hall–Kier alpha value is -5.05. The molecule has 0 atom stereocenters. The van der Waals surface area contributed by atoms with E-state index in [1.807, 2.05) is 41.3 Å². The van der Waals surface area contributed by atoms with Gasteiger partial charge in [-0.2, -0.15) is 5.10 Å². The van der Waals surface area contributed by atoms with E-state index in [0.717, 1.165) is 22.0 Å². The lowest BCUT2D eigenvalue weighted by Gasteiger charge is -2.16. The van der Waals surface area contributed by atoms with Gasteiger partial charge in [0.25, 0.3) is 0 Å². The van der Waals surface area contributed by atoms with Crippen molar-refractivity contribution in [3.05, 3.63) is 97.2 Å². The van der Waals surface area contributed by atoms with Crippen LogP contribution in [0, 0.1) is 11.2 Å². The number of carbonyl (C=O) groups excluding carboxylic acids is 2. The first-order valence-electron chi connectivity index (χ1n) is 13.4. The third-order valence-electron chi connectivity index (χ3n) is 7.23. The Morgan fingerprint density at radius 3 is 2.17 bits per heavy atom. The van der Waals surface area contributed by atoms with Crippen molar-refractivity contribution in [1.29, 1.82) is 0 Å².